The minimum atomic E-state index is -2.42. The van der Waals surface area contributed by atoms with Gasteiger partial charge in [0.2, 0.25) is 0 Å². The molecule has 1 aromatic rings. The highest BCUT2D eigenvalue weighted by Crippen LogP contribution is 2.48. The summed E-state index contributed by atoms with van der Waals surface area (Å²) in [5, 5.41) is 20.5. The summed E-state index contributed by atoms with van der Waals surface area (Å²) in [6, 6.07) is 1.23. The van der Waals surface area contributed by atoms with Gasteiger partial charge in [-0.15, -0.1) is 0 Å². The predicted octanol–water partition coefficient (Wildman–Crippen LogP) is 2.57. The first-order valence-corrected chi connectivity index (χ1v) is 17.2. The Morgan fingerprint density at radius 2 is 1.48 bits per heavy atom. The molecule has 3 N–H and O–H groups in total. The van der Waals surface area contributed by atoms with Crippen molar-refractivity contribution in [2.75, 3.05) is 13.2 Å². The van der Waals surface area contributed by atoms with Crippen molar-refractivity contribution in [3.63, 3.8) is 0 Å². The second kappa shape index (κ2) is 9.17. The van der Waals surface area contributed by atoms with Crippen molar-refractivity contribution in [3.05, 3.63) is 33.1 Å². The Balaban J connectivity index is 2.71. The maximum Gasteiger partial charge on any atom is 0.330 e. The van der Waals surface area contributed by atoms with Crippen molar-refractivity contribution < 1.29 is 23.8 Å². The second-order valence-electron chi connectivity index (χ2n) is 12.0. The highest BCUT2D eigenvalue weighted by atomic mass is 28.4. The highest BCUT2D eigenvalue weighted by molar-refractivity contribution is 6.74. The van der Waals surface area contributed by atoms with Gasteiger partial charge in [-0.3, -0.25) is 14.3 Å². The number of ether oxygens (including phenoxy) is 1. The first-order chi connectivity index (χ1) is 14.8. The van der Waals surface area contributed by atoms with Crippen LogP contribution in [0.5, 0.6) is 0 Å². The Bertz CT molecular complexity index is 940. The van der Waals surface area contributed by atoms with Gasteiger partial charge in [-0.1, -0.05) is 41.5 Å². The Labute approximate surface area is 198 Å². The van der Waals surface area contributed by atoms with Crippen LogP contribution in [0.2, 0.25) is 36.3 Å². The predicted molar refractivity (Wildman–Crippen MR) is 132 cm³/mol. The van der Waals surface area contributed by atoms with Crippen molar-refractivity contribution in [1.29, 1.82) is 0 Å². The van der Waals surface area contributed by atoms with Crippen molar-refractivity contribution in [2.45, 2.75) is 102 Å². The van der Waals surface area contributed by atoms with Gasteiger partial charge >= 0.3 is 5.69 Å². The van der Waals surface area contributed by atoms with Gasteiger partial charge < -0.3 is 23.8 Å². The van der Waals surface area contributed by atoms with Crippen LogP contribution < -0.4 is 11.2 Å². The molecule has 1 aromatic heterocycles. The topological polar surface area (TPSA) is 123 Å². The minimum Gasteiger partial charge on any atom is -0.408 e. The van der Waals surface area contributed by atoms with Gasteiger partial charge in [0.1, 0.15) is 17.8 Å². The normalized spacial score (nSPS) is 24.3. The molecule has 11 heteroatoms. The van der Waals surface area contributed by atoms with E-state index in [0.29, 0.717) is 0 Å². The minimum absolute atomic E-state index is 0.154. The van der Waals surface area contributed by atoms with Crippen LogP contribution in [0.3, 0.4) is 0 Å². The number of aliphatic hydroxyl groups is 2. The van der Waals surface area contributed by atoms with Crippen molar-refractivity contribution in [3.8, 4) is 0 Å². The van der Waals surface area contributed by atoms with Gasteiger partial charge in [0.25, 0.3) is 5.56 Å². The summed E-state index contributed by atoms with van der Waals surface area (Å²) in [6.45, 7) is 19.9. The fraction of sp³-hybridized carbons (Fsp3) is 0.818. The molecule has 2 rings (SSSR count). The van der Waals surface area contributed by atoms with Crippen LogP contribution in [0.4, 0.5) is 0 Å². The zero-order valence-corrected chi connectivity index (χ0v) is 23.7. The van der Waals surface area contributed by atoms with Crippen LogP contribution in [-0.2, 0) is 13.6 Å². The van der Waals surface area contributed by atoms with E-state index in [4.69, 9.17) is 13.6 Å². The van der Waals surface area contributed by atoms with E-state index < -0.39 is 65.1 Å². The first kappa shape index (κ1) is 28.2. The van der Waals surface area contributed by atoms with Crippen LogP contribution in [0.1, 0.15) is 47.8 Å². The van der Waals surface area contributed by atoms with Crippen molar-refractivity contribution in [2.24, 2.45) is 0 Å². The van der Waals surface area contributed by atoms with Crippen LogP contribution in [-0.4, -0.2) is 67.4 Å². The molecule has 1 aliphatic rings. The van der Waals surface area contributed by atoms with Crippen LogP contribution >= 0.6 is 0 Å². The average molecular weight is 503 g/mol. The number of aromatic amines is 1. The molecule has 0 aliphatic carbocycles. The van der Waals surface area contributed by atoms with Gasteiger partial charge in [0.05, 0.1) is 13.2 Å². The van der Waals surface area contributed by atoms with E-state index in [1.165, 1.54) is 16.8 Å². The standard InChI is InChI=1S/C22H42N2O7Si2/c1-20(2,3)32(7,8)30-16-17(31-33(9,10)21(4,5)6)22(13-25,14-26)29-18(16)24-12-11-15(27)23-19(24)28/h11-12,16-18,25-26H,13-14H2,1-10H3,(H,23,27,28)/t16?,17-,18+/m0/s1. The SMILES string of the molecule is CC(C)(C)[Si](C)(C)OC1[C@H](n2ccc(=O)[nH]c2=O)OC(CO)(CO)[C@H]1O[Si](C)(C)C(C)(C)C. The summed E-state index contributed by atoms with van der Waals surface area (Å²) in [7, 11) is -4.84. The third kappa shape index (κ3) is 5.44. The van der Waals surface area contributed by atoms with Crippen LogP contribution in [0.25, 0.3) is 0 Å². The summed E-state index contributed by atoms with van der Waals surface area (Å²) in [5.41, 5.74) is -2.67. The summed E-state index contributed by atoms with van der Waals surface area (Å²) in [5.74, 6) is 0. The van der Waals surface area contributed by atoms with E-state index in [9.17, 15) is 19.8 Å². The quantitative estimate of drug-likeness (QED) is 0.490. The highest BCUT2D eigenvalue weighted by Gasteiger charge is 2.61. The van der Waals surface area contributed by atoms with E-state index in [1.807, 2.05) is 0 Å². The van der Waals surface area contributed by atoms with Gasteiger partial charge in [-0.05, 0) is 36.3 Å². The number of nitrogens with one attached hydrogen (secondary N) is 1. The molecular formula is C22H42N2O7Si2. The Morgan fingerprint density at radius 3 is 1.91 bits per heavy atom. The third-order valence-corrected chi connectivity index (χ3v) is 16.5. The summed E-state index contributed by atoms with van der Waals surface area (Å²) in [4.78, 5) is 26.6. The van der Waals surface area contributed by atoms with Gasteiger partial charge in [0, 0.05) is 12.3 Å². The lowest BCUT2D eigenvalue weighted by molar-refractivity contribution is -0.148. The Kier molecular flexibility index (Phi) is 7.83. The van der Waals surface area contributed by atoms with Gasteiger partial charge in [-0.25, -0.2) is 4.79 Å². The van der Waals surface area contributed by atoms with E-state index >= 15 is 0 Å². The van der Waals surface area contributed by atoms with Crippen molar-refractivity contribution in [1.82, 2.24) is 9.55 Å². The molecule has 2 heterocycles. The number of H-pyrrole nitrogens is 1. The molecule has 3 atom stereocenters. The maximum absolute atomic E-state index is 12.7. The molecule has 0 amide bonds. The van der Waals surface area contributed by atoms with Gasteiger partial charge in [0.15, 0.2) is 22.9 Å². The first-order valence-electron chi connectivity index (χ1n) is 11.4. The molecule has 0 radical (unpaired) electrons. The number of rotatable bonds is 7. The fourth-order valence-electron chi connectivity index (χ4n) is 3.28. The zero-order valence-electron chi connectivity index (χ0n) is 21.7. The molecule has 1 fully saturated rings. The summed E-state index contributed by atoms with van der Waals surface area (Å²) >= 11 is 0. The molecule has 33 heavy (non-hydrogen) atoms. The Morgan fingerprint density at radius 1 is 1.00 bits per heavy atom. The summed E-state index contributed by atoms with van der Waals surface area (Å²) in [6.07, 6.45) is -1.27. The smallest absolute Gasteiger partial charge is 0.330 e. The maximum atomic E-state index is 12.7. The molecule has 0 bridgehead atoms. The lowest BCUT2D eigenvalue weighted by Crippen LogP contribution is -2.59. The molecule has 0 aromatic carbocycles. The molecule has 0 spiro atoms. The van der Waals surface area contributed by atoms with E-state index in [1.54, 1.807) is 0 Å². The molecule has 9 nitrogen and oxygen atoms in total. The second-order valence-corrected chi connectivity index (χ2v) is 21.6. The van der Waals surface area contributed by atoms with E-state index in [-0.39, 0.29) is 10.1 Å². The third-order valence-electron chi connectivity index (χ3n) is 7.58. The average Bonchev–Trinajstić information content (AvgIpc) is 2.93. The largest absolute Gasteiger partial charge is 0.408 e. The van der Waals surface area contributed by atoms with Gasteiger partial charge in [-0.2, -0.15) is 0 Å². The number of hydrogen-bond acceptors (Lipinski definition) is 7. The molecule has 0 saturated carbocycles. The molecule has 1 aliphatic heterocycles. The van der Waals surface area contributed by atoms with Crippen LogP contribution in [0.15, 0.2) is 21.9 Å². The van der Waals surface area contributed by atoms with Crippen molar-refractivity contribution >= 4 is 16.6 Å². The molecule has 1 saturated heterocycles. The number of aliphatic hydroxyl groups excluding tert-OH is 2. The summed E-state index contributed by atoms with van der Waals surface area (Å²) < 4.78 is 21.0. The van der Waals surface area contributed by atoms with E-state index in [0.717, 1.165) is 0 Å². The fourth-order valence-corrected chi connectivity index (χ4v) is 5.89. The molecular weight excluding hydrogens is 460 g/mol. The monoisotopic (exact) mass is 502 g/mol. The lowest BCUT2D eigenvalue weighted by atomic mass is 9.97. The van der Waals surface area contributed by atoms with Crippen LogP contribution in [0, 0.1) is 0 Å². The molecule has 1 unspecified atom stereocenters. The zero-order chi connectivity index (χ0) is 25.6. The number of hydrogen-bond donors (Lipinski definition) is 3. The lowest BCUT2D eigenvalue weighted by Gasteiger charge is -2.45. The number of aromatic nitrogens is 2. The molecule has 190 valence electrons. The van der Waals surface area contributed by atoms with E-state index in [2.05, 4.69) is 72.7 Å². The number of nitrogens with zero attached hydrogens (tertiary/aromatic N) is 1. The Hall–Kier alpha value is -1.09.